The third-order valence-electron chi connectivity index (χ3n) is 8.05. The molecule has 0 spiro atoms. The molecule has 2 aliphatic heterocycles. The topological polar surface area (TPSA) is 224 Å². The number of benzene rings is 2. The van der Waals surface area contributed by atoms with Crippen LogP contribution in [0.3, 0.4) is 0 Å². The molecule has 0 bridgehead atoms. The molecule has 52 heavy (non-hydrogen) atoms. The average Bonchev–Trinajstić information content (AvgIpc) is 3.06. The predicted octanol–water partition coefficient (Wildman–Crippen LogP) is 0.945. The van der Waals surface area contributed by atoms with Crippen molar-refractivity contribution in [3.05, 3.63) is 48.0 Å². The maximum atomic E-state index is 12.6. The highest BCUT2D eigenvalue weighted by atomic mass is 16.8. The molecule has 2 aromatic carbocycles. The van der Waals surface area contributed by atoms with Crippen molar-refractivity contribution in [2.24, 2.45) is 5.73 Å². The summed E-state index contributed by atoms with van der Waals surface area (Å²) >= 11 is 0. The smallest absolute Gasteiger partial charge is 0.303 e. The number of esters is 5. The van der Waals surface area contributed by atoms with Crippen molar-refractivity contribution >= 4 is 46.5 Å². The molecule has 2 aromatic rings. The number of ether oxygens (including phenoxy) is 9. The zero-order chi connectivity index (χ0) is 38.1. The van der Waals surface area contributed by atoms with Crippen molar-refractivity contribution in [3.63, 3.8) is 0 Å². The first-order chi connectivity index (χ1) is 24.6. The molecule has 3 N–H and O–H groups in total. The second-order valence-electron chi connectivity index (χ2n) is 12.3. The van der Waals surface area contributed by atoms with Gasteiger partial charge >= 0.3 is 29.8 Å². The lowest BCUT2D eigenvalue weighted by molar-refractivity contribution is -0.346. The first kappa shape index (κ1) is 40.1. The number of amides is 1. The van der Waals surface area contributed by atoms with Crippen LogP contribution in [0, 0.1) is 0 Å². The van der Waals surface area contributed by atoms with Gasteiger partial charge in [-0.05, 0) is 22.4 Å². The summed E-state index contributed by atoms with van der Waals surface area (Å²) in [7, 11) is 0. The van der Waals surface area contributed by atoms with Gasteiger partial charge in [-0.3, -0.25) is 28.8 Å². The Hall–Kier alpha value is -4.68. The second-order valence-corrected chi connectivity index (χ2v) is 12.3. The third-order valence-corrected chi connectivity index (χ3v) is 8.05. The molecule has 2 fully saturated rings. The molecular formula is C35H44N2O15. The Morgan fingerprint density at radius 1 is 0.654 bits per heavy atom. The van der Waals surface area contributed by atoms with E-state index < -0.39 is 110 Å². The first-order valence-corrected chi connectivity index (χ1v) is 16.5. The van der Waals surface area contributed by atoms with E-state index in [9.17, 15) is 28.8 Å². The van der Waals surface area contributed by atoms with Gasteiger partial charge in [0.05, 0.1) is 18.7 Å². The quantitative estimate of drug-likeness (QED) is 0.216. The van der Waals surface area contributed by atoms with Gasteiger partial charge in [0, 0.05) is 41.5 Å². The fraction of sp³-hybridized carbons (Fsp3) is 0.543. The number of carbonyl (C=O) groups excluding carboxylic acids is 6. The number of hydrogen-bond acceptors (Lipinski definition) is 16. The Labute approximate surface area is 299 Å². The summed E-state index contributed by atoms with van der Waals surface area (Å²) in [6.45, 7) is 6.01. The Morgan fingerprint density at radius 2 is 1.19 bits per heavy atom. The van der Waals surface area contributed by atoms with E-state index in [4.69, 9.17) is 48.4 Å². The molecule has 10 atom stereocenters. The van der Waals surface area contributed by atoms with E-state index in [2.05, 4.69) is 5.32 Å². The molecule has 17 nitrogen and oxygen atoms in total. The lowest BCUT2D eigenvalue weighted by Crippen LogP contribution is -2.71. The fourth-order valence-electron chi connectivity index (χ4n) is 5.98. The number of fused-ring (bicyclic) bond motifs is 1. The average molecular weight is 733 g/mol. The minimum absolute atomic E-state index is 0.0493. The Kier molecular flexibility index (Phi) is 14.0. The summed E-state index contributed by atoms with van der Waals surface area (Å²) in [4.78, 5) is 73.2. The van der Waals surface area contributed by atoms with Gasteiger partial charge < -0.3 is 53.7 Å². The molecule has 2 aliphatic rings. The lowest BCUT2D eigenvalue weighted by atomic mass is 9.93. The van der Waals surface area contributed by atoms with E-state index in [1.807, 2.05) is 42.5 Å². The minimum Gasteiger partial charge on any atom is -0.463 e. The van der Waals surface area contributed by atoms with Crippen LogP contribution in [0.4, 0.5) is 0 Å². The predicted molar refractivity (Wildman–Crippen MR) is 176 cm³/mol. The molecule has 284 valence electrons. The SMILES string of the molecule is CC(=O)N[C@H]1[C@H](O[C@@H]2[C@@H](OC(C)=O)[C@H](OCc3ccc4ccccc4c3)O[C@H](COC(C)=O)[C@H]2OC(C)=O)O[C@H](COC(C)=O)[C@@H](OC(C)=O)[C@H]1N. The summed E-state index contributed by atoms with van der Waals surface area (Å²) in [6.07, 6.45) is -11.0. The highest BCUT2D eigenvalue weighted by Gasteiger charge is 2.55. The molecule has 0 unspecified atom stereocenters. The van der Waals surface area contributed by atoms with E-state index >= 15 is 0 Å². The van der Waals surface area contributed by atoms with Gasteiger partial charge in [-0.15, -0.1) is 0 Å². The summed E-state index contributed by atoms with van der Waals surface area (Å²) in [5.41, 5.74) is 7.29. The van der Waals surface area contributed by atoms with Crippen LogP contribution in [0.2, 0.25) is 0 Å². The molecule has 0 aliphatic carbocycles. The minimum atomic E-state index is -1.54. The van der Waals surface area contributed by atoms with E-state index in [1.54, 1.807) is 0 Å². The van der Waals surface area contributed by atoms with Crippen molar-refractivity contribution in [3.8, 4) is 0 Å². The zero-order valence-corrected chi connectivity index (χ0v) is 29.6. The Morgan fingerprint density at radius 3 is 1.77 bits per heavy atom. The van der Waals surface area contributed by atoms with Gasteiger partial charge in [-0.1, -0.05) is 36.4 Å². The second kappa shape index (κ2) is 18.2. The maximum absolute atomic E-state index is 12.6. The molecule has 17 heteroatoms. The van der Waals surface area contributed by atoms with E-state index in [1.165, 1.54) is 13.8 Å². The number of nitrogens with two attached hydrogens (primary N) is 1. The first-order valence-electron chi connectivity index (χ1n) is 16.5. The van der Waals surface area contributed by atoms with Crippen LogP contribution < -0.4 is 11.1 Å². The maximum Gasteiger partial charge on any atom is 0.303 e. The third kappa shape index (κ3) is 10.9. The largest absolute Gasteiger partial charge is 0.463 e. The van der Waals surface area contributed by atoms with Gasteiger partial charge in [0.25, 0.3) is 0 Å². The summed E-state index contributed by atoms with van der Waals surface area (Å²) in [5.74, 6) is -4.23. The number of rotatable bonds is 13. The highest BCUT2D eigenvalue weighted by Crippen LogP contribution is 2.34. The molecular weight excluding hydrogens is 688 g/mol. The number of hydrogen-bond donors (Lipinski definition) is 2. The standard InChI is InChI=1S/C35H44N2O15/c1-17(38)37-29-28(36)30(47-20(4)41)26(15-44-18(2)39)50-34(29)52-32-31(48-21(5)42)27(16-45-19(3)40)51-35(33(32)49-22(6)43)46-14-23-11-12-24-9-7-8-10-25(24)13-23/h7-13,26-35H,14-16,36H2,1-6H3,(H,37,38)/t26-,27-,28+,29-,30-,31-,32+,33-,34+,35-/m1/s1. The van der Waals surface area contributed by atoms with Crippen molar-refractivity contribution < 1.29 is 71.4 Å². The van der Waals surface area contributed by atoms with Crippen molar-refractivity contribution in [1.82, 2.24) is 5.32 Å². The molecule has 4 rings (SSSR count). The molecule has 2 heterocycles. The van der Waals surface area contributed by atoms with Gasteiger partial charge in [0.1, 0.15) is 37.6 Å². The molecule has 2 saturated heterocycles. The van der Waals surface area contributed by atoms with Crippen LogP contribution in [-0.4, -0.2) is 110 Å². The van der Waals surface area contributed by atoms with Crippen LogP contribution in [0.1, 0.15) is 47.1 Å². The van der Waals surface area contributed by atoms with Gasteiger partial charge in [0.15, 0.2) is 24.8 Å². The van der Waals surface area contributed by atoms with Crippen LogP contribution >= 0.6 is 0 Å². The summed E-state index contributed by atoms with van der Waals surface area (Å²) in [5, 5.41) is 4.58. The van der Waals surface area contributed by atoms with Gasteiger partial charge in [-0.25, -0.2) is 0 Å². The molecule has 1 amide bonds. The van der Waals surface area contributed by atoms with Crippen LogP contribution in [0.5, 0.6) is 0 Å². The molecule has 0 saturated carbocycles. The van der Waals surface area contributed by atoms with Crippen LogP contribution in [-0.2, 0) is 78.0 Å². The van der Waals surface area contributed by atoms with E-state index in [0.29, 0.717) is 0 Å². The monoisotopic (exact) mass is 732 g/mol. The van der Waals surface area contributed by atoms with Gasteiger partial charge in [-0.2, -0.15) is 0 Å². The number of carbonyl (C=O) groups is 6. The van der Waals surface area contributed by atoms with E-state index in [0.717, 1.165) is 44.0 Å². The lowest BCUT2D eigenvalue weighted by Gasteiger charge is -2.49. The van der Waals surface area contributed by atoms with E-state index in [-0.39, 0.29) is 6.61 Å². The molecule has 0 aromatic heterocycles. The Balaban J connectivity index is 1.75. The van der Waals surface area contributed by atoms with Gasteiger partial charge in [0.2, 0.25) is 5.91 Å². The highest BCUT2D eigenvalue weighted by molar-refractivity contribution is 5.83. The number of nitrogens with one attached hydrogen (secondary N) is 1. The van der Waals surface area contributed by atoms with Crippen molar-refractivity contribution in [1.29, 1.82) is 0 Å². The Bertz CT molecular complexity index is 1620. The fourth-order valence-corrected chi connectivity index (χ4v) is 5.98. The summed E-state index contributed by atoms with van der Waals surface area (Å²) in [6, 6.07) is 10.9. The normalized spacial score (nSPS) is 28.6. The van der Waals surface area contributed by atoms with Crippen LogP contribution in [0.15, 0.2) is 42.5 Å². The summed E-state index contributed by atoms with van der Waals surface area (Å²) < 4.78 is 52.1. The zero-order valence-electron chi connectivity index (χ0n) is 29.6. The van der Waals surface area contributed by atoms with Crippen molar-refractivity contribution in [2.75, 3.05) is 13.2 Å². The molecule has 0 radical (unpaired) electrons. The van der Waals surface area contributed by atoms with Crippen LogP contribution in [0.25, 0.3) is 10.8 Å². The van der Waals surface area contributed by atoms with Crippen molar-refractivity contribution in [2.45, 2.75) is 109 Å².